The summed E-state index contributed by atoms with van der Waals surface area (Å²) in [7, 11) is 0. The van der Waals surface area contributed by atoms with E-state index in [0.717, 1.165) is 0 Å². The van der Waals surface area contributed by atoms with Gasteiger partial charge >= 0.3 is 0 Å². The van der Waals surface area contributed by atoms with E-state index in [9.17, 15) is 4.39 Å². The summed E-state index contributed by atoms with van der Waals surface area (Å²) in [5.41, 5.74) is 3.85. The number of hydrogen-bond donors (Lipinski definition) is 2. The number of nitrogens with zero attached hydrogens (tertiary/aromatic N) is 1. The largest absolute Gasteiger partial charge is 0.403 e. The molecule has 0 aliphatic heterocycles. The minimum Gasteiger partial charge on any atom is -0.403 e. The maximum atomic E-state index is 13.2. The smallest absolute Gasteiger partial charge is 0.112 e. The summed E-state index contributed by atoms with van der Waals surface area (Å²) >= 11 is 0. The molecule has 0 aromatic carbocycles. The van der Waals surface area contributed by atoms with Crippen LogP contribution >= 0.6 is 0 Å². The number of alkyl halides is 1. The summed E-state index contributed by atoms with van der Waals surface area (Å²) in [6.45, 7) is 3.52. The van der Waals surface area contributed by atoms with Crippen LogP contribution in [-0.2, 0) is 0 Å². The van der Waals surface area contributed by atoms with Crippen LogP contribution in [0.25, 0.3) is 0 Å². The predicted octanol–water partition coefficient (Wildman–Crippen LogP) is 0.873. The van der Waals surface area contributed by atoms with Crippen molar-refractivity contribution in [2.45, 2.75) is 37.9 Å². The highest BCUT2D eigenvalue weighted by molar-refractivity contribution is 5.07. The first-order valence-corrected chi connectivity index (χ1v) is 4.01. The molecule has 1 aliphatic rings. The van der Waals surface area contributed by atoms with E-state index < -0.39 is 5.67 Å². The van der Waals surface area contributed by atoms with Crippen molar-refractivity contribution in [2.24, 2.45) is 11.6 Å². The normalized spacial score (nSPS) is 41.3. The highest BCUT2D eigenvalue weighted by Crippen LogP contribution is 2.46. The molecule has 1 fully saturated rings. The molecule has 0 spiro atoms. The van der Waals surface area contributed by atoms with Gasteiger partial charge in [-0.05, 0) is 13.8 Å². The molecule has 0 aromatic rings. The van der Waals surface area contributed by atoms with E-state index in [0.29, 0.717) is 12.8 Å². The van der Waals surface area contributed by atoms with E-state index >= 15 is 0 Å². The van der Waals surface area contributed by atoms with E-state index in [4.69, 9.17) is 11.6 Å². The molecule has 1 aliphatic carbocycles. The molecule has 0 atom stereocenters. The molecule has 0 heterocycles. The Bertz CT molecular complexity index is 192. The van der Waals surface area contributed by atoms with Crippen LogP contribution in [0.1, 0.15) is 26.7 Å². The Hall–Kier alpha value is -0.770. The lowest BCUT2D eigenvalue weighted by Crippen LogP contribution is -2.61. The van der Waals surface area contributed by atoms with Crippen LogP contribution in [0.2, 0.25) is 0 Å². The van der Waals surface area contributed by atoms with Crippen LogP contribution in [0, 0.1) is 0 Å². The zero-order valence-electron chi connectivity index (χ0n) is 7.55. The second kappa shape index (κ2) is 2.62. The molecule has 3 nitrogen and oxygen atoms in total. The van der Waals surface area contributed by atoms with Crippen molar-refractivity contribution in [3.63, 3.8) is 0 Å². The molecule has 0 bridgehead atoms. The molecule has 4 N–H and O–H groups in total. The quantitative estimate of drug-likeness (QED) is 0.481. The number of rotatable bonds is 2. The van der Waals surface area contributed by atoms with Crippen LogP contribution in [0.3, 0.4) is 0 Å². The van der Waals surface area contributed by atoms with E-state index in [-0.39, 0.29) is 5.54 Å². The monoisotopic (exact) mass is 173 g/mol. The third-order valence-electron chi connectivity index (χ3n) is 2.37. The highest BCUT2D eigenvalue weighted by atomic mass is 19.1. The average Bonchev–Trinajstić information content (AvgIpc) is 1.83. The van der Waals surface area contributed by atoms with Gasteiger partial charge in [-0.15, -0.1) is 0 Å². The Balaban J connectivity index is 2.54. The summed E-state index contributed by atoms with van der Waals surface area (Å²) in [4.78, 5) is 0. The van der Waals surface area contributed by atoms with E-state index in [1.165, 1.54) is 11.2 Å². The van der Waals surface area contributed by atoms with Crippen molar-refractivity contribution in [1.29, 1.82) is 0 Å². The Morgan fingerprint density at radius 2 is 1.92 bits per heavy atom. The summed E-state index contributed by atoms with van der Waals surface area (Å²) < 4.78 is 13.2. The molecule has 0 saturated heterocycles. The lowest BCUT2D eigenvalue weighted by Gasteiger charge is -2.52. The topological polar surface area (TPSA) is 55.3 Å². The van der Waals surface area contributed by atoms with Crippen molar-refractivity contribution in [3.8, 4) is 0 Å². The Kier molecular flexibility index (Phi) is 2.04. The number of hydrogen-bond acceptors (Lipinski definition) is 3. The van der Waals surface area contributed by atoms with Crippen molar-refractivity contribution in [1.82, 2.24) is 5.01 Å². The van der Waals surface area contributed by atoms with Crippen molar-refractivity contribution >= 4 is 0 Å². The first-order valence-electron chi connectivity index (χ1n) is 4.01. The van der Waals surface area contributed by atoms with Gasteiger partial charge in [0.1, 0.15) is 5.67 Å². The van der Waals surface area contributed by atoms with E-state index in [2.05, 4.69) is 0 Å². The summed E-state index contributed by atoms with van der Waals surface area (Å²) in [5.74, 6) is 5.64. The lowest BCUT2D eigenvalue weighted by molar-refractivity contribution is -0.0634. The molecule has 4 heteroatoms. The van der Waals surface area contributed by atoms with Gasteiger partial charge in [-0.1, -0.05) is 0 Å². The van der Waals surface area contributed by atoms with Gasteiger partial charge in [-0.25, -0.2) is 10.2 Å². The maximum Gasteiger partial charge on any atom is 0.112 e. The van der Waals surface area contributed by atoms with Gasteiger partial charge in [0.25, 0.3) is 0 Å². The minimum absolute atomic E-state index is 0.265. The second-order valence-corrected chi connectivity index (χ2v) is 4.01. The Morgan fingerprint density at radius 3 is 2.25 bits per heavy atom. The molecular formula is C8H16FN3. The average molecular weight is 173 g/mol. The van der Waals surface area contributed by atoms with Crippen LogP contribution in [0.4, 0.5) is 4.39 Å². The van der Waals surface area contributed by atoms with Crippen LogP contribution in [0.15, 0.2) is 12.4 Å². The third-order valence-corrected chi connectivity index (χ3v) is 2.37. The highest BCUT2D eigenvalue weighted by Gasteiger charge is 2.51. The van der Waals surface area contributed by atoms with Gasteiger partial charge < -0.3 is 10.7 Å². The first kappa shape index (κ1) is 9.32. The molecule has 0 aromatic heterocycles. The molecule has 0 unspecified atom stereocenters. The molecule has 1 rings (SSSR count). The van der Waals surface area contributed by atoms with E-state index in [1.54, 1.807) is 13.1 Å². The predicted molar refractivity (Wildman–Crippen MR) is 46.5 cm³/mol. The molecule has 0 amide bonds. The van der Waals surface area contributed by atoms with Gasteiger partial charge in [0.05, 0.1) is 5.54 Å². The molecular weight excluding hydrogens is 157 g/mol. The summed E-state index contributed by atoms with van der Waals surface area (Å²) in [5, 5.41) is 1.48. The van der Waals surface area contributed by atoms with Crippen molar-refractivity contribution in [2.75, 3.05) is 0 Å². The standard InChI is InChI=1S/C8H16FN3/c1-7(9)5-8(2,6-7)12(11)4-3-10/h3-4H,5-6,10-11H2,1-2H3/b4-3-. The van der Waals surface area contributed by atoms with Crippen LogP contribution in [-0.4, -0.2) is 16.2 Å². The van der Waals surface area contributed by atoms with Crippen LogP contribution < -0.4 is 11.6 Å². The summed E-state index contributed by atoms with van der Waals surface area (Å²) in [6, 6.07) is 0. The lowest BCUT2D eigenvalue weighted by atomic mass is 9.68. The van der Waals surface area contributed by atoms with Gasteiger partial charge in [0.2, 0.25) is 0 Å². The summed E-state index contributed by atoms with van der Waals surface area (Å²) in [6.07, 6.45) is 3.84. The van der Waals surface area contributed by atoms with Crippen LogP contribution in [0.5, 0.6) is 0 Å². The fourth-order valence-electron chi connectivity index (χ4n) is 1.99. The molecule has 1 saturated carbocycles. The number of nitrogens with two attached hydrogens (primary N) is 2. The Morgan fingerprint density at radius 1 is 1.42 bits per heavy atom. The van der Waals surface area contributed by atoms with Crippen molar-refractivity contribution in [3.05, 3.63) is 12.4 Å². The van der Waals surface area contributed by atoms with E-state index in [1.807, 2.05) is 6.92 Å². The SMILES string of the molecule is CC1(F)CC(C)(N(N)/C=C\N)C1. The molecule has 70 valence electrons. The van der Waals surface area contributed by atoms with Gasteiger partial charge in [0, 0.05) is 25.2 Å². The molecule has 12 heavy (non-hydrogen) atoms. The number of halogens is 1. The van der Waals surface area contributed by atoms with Gasteiger partial charge in [-0.2, -0.15) is 0 Å². The molecule has 0 radical (unpaired) electrons. The fourth-order valence-corrected chi connectivity index (χ4v) is 1.99. The third kappa shape index (κ3) is 1.53. The zero-order chi connectivity index (χ0) is 9.41. The van der Waals surface area contributed by atoms with Gasteiger partial charge in [0.15, 0.2) is 0 Å². The zero-order valence-corrected chi connectivity index (χ0v) is 7.55. The fraction of sp³-hybridized carbons (Fsp3) is 0.750. The van der Waals surface area contributed by atoms with Gasteiger partial charge in [-0.3, -0.25) is 0 Å². The number of hydrazine groups is 1. The maximum absolute atomic E-state index is 13.2. The second-order valence-electron chi connectivity index (χ2n) is 4.01. The minimum atomic E-state index is -1.06. The Labute approximate surface area is 72.2 Å². The van der Waals surface area contributed by atoms with Crippen molar-refractivity contribution < 1.29 is 4.39 Å². The first-order chi connectivity index (χ1) is 5.40.